The summed E-state index contributed by atoms with van der Waals surface area (Å²) in [5.41, 5.74) is -0.723. The Morgan fingerprint density at radius 3 is 2.65 bits per heavy atom. The highest BCUT2D eigenvalue weighted by molar-refractivity contribution is 9.10. The van der Waals surface area contributed by atoms with E-state index in [9.17, 15) is 18.8 Å². The molecule has 1 aliphatic heterocycles. The van der Waals surface area contributed by atoms with Crippen LogP contribution in [0.2, 0.25) is 0 Å². The molecule has 3 amide bonds. The number of carbonyl (C=O) groups excluding carboxylic acids is 3. The quantitative estimate of drug-likeness (QED) is 0.622. The summed E-state index contributed by atoms with van der Waals surface area (Å²) in [6.07, 6.45) is -0.145. The van der Waals surface area contributed by atoms with E-state index in [0.717, 1.165) is 4.90 Å². The Kier molecular flexibility index (Phi) is 5.03. The second-order valence-corrected chi connectivity index (χ2v) is 6.57. The average Bonchev–Trinajstić information content (AvgIpc) is 2.64. The van der Waals surface area contributed by atoms with Crippen LogP contribution in [-0.4, -0.2) is 34.9 Å². The minimum atomic E-state index is -0.971. The van der Waals surface area contributed by atoms with Crippen molar-refractivity contribution >= 4 is 33.8 Å². The number of hydrogen-bond donors (Lipinski definition) is 1. The molecule has 124 valence electrons. The summed E-state index contributed by atoms with van der Waals surface area (Å²) in [4.78, 5) is 36.3. The number of amides is 3. The number of rotatable bonds is 5. The van der Waals surface area contributed by atoms with Crippen LogP contribution >= 0.6 is 15.9 Å². The molecule has 1 aromatic carbocycles. The molecule has 0 aliphatic carbocycles. The maximum Gasteiger partial charge on any atom is 0.325 e. The zero-order valence-corrected chi connectivity index (χ0v) is 14.3. The summed E-state index contributed by atoms with van der Waals surface area (Å²) in [6, 6.07) is 3.89. The molecule has 0 spiro atoms. The van der Waals surface area contributed by atoms with Crippen molar-refractivity contribution in [1.29, 1.82) is 0 Å². The zero-order valence-electron chi connectivity index (χ0n) is 12.7. The second-order valence-electron chi connectivity index (χ2n) is 5.66. The standard InChI is InChI=1S/C15H16BrFN2O4/c1-15(2)13(21)19(14(22)18-15)6-5-12(20)23-8-9-3-4-10(16)7-11(9)17/h3-4,7H,5-6,8H2,1-2H3,(H,18,22). The van der Waals surface area contributed by atoms with E-state index in [0.29, 0.717) is 4.47 Å². The number of benzene rings is 1. The van der Waals surface area contributed by atoms with Crippen molar-refractivity contribution in [3.05, 3.63) is 34.1 Å². The van der Waals surface area contributed by atoms with Crippen LogP contribution in [0, 0.1) is 5.82 Å². The monoisotopic (exact) mass is 386 g/mol. The minimum absolute atomic E-state index is 0.0737. The van der Waals surface area contributed by atoms with Crippen molar-refractivity contribution in [2.75, 3.05) is 6.54 Å². The van der Waals surface area contributed by atoms with Gasteiger partial charge in [0.15, 0.2) is 0 Å². The molecule has 0 radical (unpaired) electrons. The topological polar surface area (TPSA) is 75.7 Å². The van der Waals surface area contributed by atoms with Crippen molar-refractivity contribution in [2.24, 2.45) is 0 Å². The van der Waals surface area contributed by atoms with E-state index < -0.39 is 29.3 Å². The zero-order chi connectivity index (χ0) is 17.2. The van der Waals surface area contributed by atoms with Crippen LogP contribution in [0.4, 0.5) is 9.18 Å². The number of imide groups is 1. The minimum Gasteiger partial charge on any atom is -0.461 e. The van der Waals surface area contributed by atoms with Gasteiger partial charge in [-0.2, -0.15) is 0 Å². The molecule has 0 atom stereocenters. The van der Waals surface area contributed by atoms with Crippen LogP contribution in [0.5, 0.6) is 0 Å². The molecule has 1 fully saturated rings. The molecule has 0 unspecified atom stereocenters. The van der Waals surface area contributed by atoms with Crippen LogP contribution in [0.15, 0.2) is 22.7 Å². The Hall–Kier alpha value is -1.96. The van der Waals surface area contributed by atoms with Crippen molar-refractivity contribution in [3.8, 4) is 0 Å². The number of hydrogen-bond acceptors (Lipinski definition) is 4. The molecular formula is C15H16BrFN2O4. The lowest BCUT2D eigenvalue weighted by Gasteiger charge is -2.15. The SMILES string of the molecule is CC1(C)NC(=O)N(CCC(=O)OCc2ccc(Br)cc2F)C1=O. The summed E-state index contributed by atoms with van der Waals surface area (Å²) in [7, 11) is 0. The number of halogens is 2. The van der Waals surface area contributed by atoms with Gasteiger partial charge in [0.1, 0.15) is 18.0 Å². The van der Waals surface area contributed by atoms with E-state index in [-0.39, 0.29) is 25.1 Å². The summed E-state index contributed by atoms with van der Waals surface area (Å²) in [5.74, 6) is -1.49. The first kappa shape index (κ1) is 17.4. The fraction of sp³-hybridized carbons (Fsp3) is 0.400. The molecule has 1 saturated heterocycles. The number of nitrogens with zero attached hydrogens (tertiary/aromatic N) is 1. The highest BCUT2D eigenvalue weighted by Crippen LogP contribution is 2.18. The van der Waals surface area contributed by atoms with Crippen LogP contribution in [-0.2, 0) is 20.9 Å². The summed E-state index contributed by atoms with van der Waals surface area (Å²) >= 11 is 3.14. The first-order valence-electron chi connectivity index (χ1n) is 6.94. The molecular weight excluding hydrogens is 371 g/mol. The third-order valence-electron chi connectivity index (χ3n) is 3.39. The van der Waals surface area contributed by atoms with Crippen LogP contribution < -0.4 is 5.32 Å². The number of urea groups is 1. The van der Waals surface area contributed by atoms with Gasteiger partial charge in [0.2, 0.25) is 0 Å². The number of nitrogens with one attached hydrogen (secondary N) is 1. The molecule has 1 heterocycles. The fourth-order valence-electron chi connectivity index (χ4n) is 2.09. The van der Waals surface area contributed by atoms with Crippen molar-refractivity contribution in [1.82, 2.24) is 10.2 Å². The van der Waals surface area contributed by atoms with Gasteiger partial charge in [-0.15, -0.1) is 0 Å². The Balaban J connectivity index is 1.84. The van der Waals surface area contributed by atoms with E-state index in [4.69, 9.17) is 4.74 Å². The molecule has 0 bridgehead atoms. The lowest BCUT2D eigenvalue weighted by atomic mass is 10.1. The van der Waals surface area contributed by atoms with Crippen LogP contribution in [0.25, 0.3) is 0 Å². The van der Waals surface area contributed by atoms with Gasteiger partial charge in [-0.25, -0.2) is 9.18 Å². The molecule has 0 aromatic heterocycles. The summed E-state index contributed by atoms with van der Waals surface area (Å²) < 4.78 is 19.1. The molecule has 1 aliphatic rings. The van der Waals surface area contributed by atoms with Crippen molar-refractivity contribution in [3.63, 3.8) is 0 Å². The van der Waals surface area contributed by atoms with Crippen molar-refractivity contribution < 1.29 is 23.5 Å². The first-order chi connectivity index (χ1) is 10.7. The van der Waals surface area contributed by atoms with Gasteiger partial charge in [-0.1, -0.05) is 22.0 Å². The van der Waals surface area contributed by atoms with Crippen molar-refractivity contribution in [2.45, 2.75) is 32.4 Å². The molecule has 6 nitrogen and oxygen atoms in total. The highest BCUT2D eigenvalue weighted by atomic mass is 79.9. The van der Waals surface area contributed by atoms with Gasteiger partial charge in [0, 0.05) is 16.6 Å². The van der Waals surface area contributed by atoms with E-state index in [2.05, 4.69) is 21.2 Å². The molecule has 1 aromatic rings. The maximum absolute atomic E-state index is 13.6. The van der Waals surface area contributed by atoms with Gasteiger partial charge in [-0.05, 0) is 26.0 Å². The highest BCUT2D eigenvalue weighted by Gasteiger charge is 2.44. The molecule has 8 heteroatoms. The normalized spacial score (nSPS) is 16.4. The fourth-order valence-corrected chi connectivity index (χ4v) is 2.43. The van der Waals surface area contributed by atoms with E-state index >= 15 is 0 Å². The molecule has 2 rings (SSSR count). The predicted molar refractivity (Wildman–Crippen MR) is 82.8 cm³/mol. The number of esters is 1. The maximum atomic E-state index is 13.6. The molecule has 1 N–H and O–H groups in total. The lowest BCUT2D eigenvalue weighted by molar-refractivity contribution is -0.145. The largest absolute Gasteiger partial charge is 0.461 e. The number of carbonyl (C=O) groups is 3. The molecule has 23 heavy (non-hydrogen) atoms. The first-order valence-corrected chi connectivity index (χ1v) is 7.73. The second kappa shape index (κ2) is 6.66. The predicted octanol–water partition coefficient (Wildman–Crippen LogP) is 2.35. The van der Waals surface area contributed by atoms with Gasteiger partial charge in [0.05, 0.1) is 6.42 Å². The average molecular weight is 387 g/mol. The Morgan fingerprint density at radius 1 is 1.39 bits per heavy atom. The molecule has 0 saturated carbocycles. The van der Waals surface area contributed by atoms with E-state index in [1.54, 1.807) is 19.9 Å². The van der Waals surface area contributed by atoms with Gasteiger partial charge < -0.3 is 10.1 Å². The van der Waals surface area contributed by atoms with Gasteiger partial charge >= 0.3 is 12.0 Å². The third-order valence-corrected chi connectivity index (χ3v) is 3.88. The summed E-state index contributed by atoms with van der Waals surface area (Å²) in [5, 5.41) is 2.52. The lowest BCUT2D eigenvalue weighted by Crippen LogP contribution is -2.40. The van der Waals surface area contributed by atoms with E-state index in [1.807, 2.05) is 0 Å². The summed E-state index contributed by atoms with van der Waals surface area (Å²) in [6.45, 7) is 2.89. The van der Waals surface area contributed by atoms with Gasteiger partial charge in [0.25, 0.3) is 5.91 Å². The van der Waals surface area contributed by atoms with Gasteiger partial charge in [-0.3, -0.25) is 14.5 Å². The van der Waals surface area contributed by atoms with E-state index in [1.165, 1.54) is 12.1 Å². The Morgan fingerprint density at radius 2 is 2.09 bits per heavy atom. The van der Waals surface area contributed by atoms with Crippen LogP contribution in [0.3, 0.4) is 0 Å². The smallest absolute Gasteiger partial charge is 0.325 e. The van der Waals surface area contributed by atoms with Crippen LogP contribution in [0.1, 0.15) is 25.8 Å². The Labute approximate surface area is 141 Å². The third kappa shape index (κ3) is 4.07. The number of ether oxygens (including phenoxy) is 1. The Bertz CT molecular complexity index is 663.